The van der Waals surface area contributed by atoms with Gasteiger partial charge < -0.3 is 10.6 Å². The van der Waals surface area contributed by atoms with Gasteiger partial charge in [-0.2, -0.15) is 0 Å². The maximum atomic E-state index is 12.3. The number of carbonyl (C=O) groups is 2. The van der Waals surface area contributed by atoms with E-state index in [4.69, 9.17) is 5.73 Å². The Bertz CT molecular complexity index is 438. The first-order valence-corrected chi connectivity index (χ1v) is 5.66. The molecule has 0 aliphatic heterocycles. The van der Waals surface area contributed by atoms with Crippen molar-refractivity contribution in [2.24, 2.45) is 5.73 Å². The number of hydrogen-bond donors (Lipinski definition) is 1. The van der Waals surface area contributed by atoms with E-state index < -0.39 is 11.3 Å². The fourth-order valence-corrected chi connectivity index (χ4v) is 2.18. The molecule has 17 heavy (non-hydrogen) atoms. The molecule has 1 aliphatic rings. The van der Waals surface area contributed by atoms with Crippen LogP contribution in [0.1, 0.15) is 18.4 Å². The maximum Gasteiger partial charge on any atom is 0.237 e. The number of carbonyl (C=O) groups excluding carboxylic acids is 2. The molecule has 1 aromatic carbocycles. The van der Waals surface area contributed by atoms with Crippen LogP contribution in [0.4, 0.5) is 0 Å². The van der Waals surface area contributed by atoms with Gasteiger partial charge in [0.15, 0.2) is 0 Å². The molecule has 4 heteroatoms. The Balaban J connectivity index is 2.17. The molecule has 2 amide bonds. The summed E-state index contributed by atoms with van der Waals surface area (Å²) in [7, 11) is 1.62. The molecule has 0 unspecified atom stereocenters. The molecule has 0 spiro atoms. The Hall–Kier alpha value is -1.84. The number of likely N-dealkylation sites (N-methyl/N-ethyl adjacent to an activating group) is 1. The second-order valence-electron chi connectivity index (χ2n) is 4.58. The summed E-state index contributed by atoms with van der Waals surface area (Å²) in [5.74, 6) is -0.493. The monoisotopic (exact) mass is 232 g/mol. The third-order valence-electron chi connectivity index (χ3n) is 3.23. The van der Waals surface area contributed by atoms with E-state index in [1.807, 2.05) is 30.3 Å². The predicted octanol–water partition coefficient (Wildman–Crippen LogP) is 0.662. The van der Waals surface area contributed by atoms with Crippen molar-refractivity contribution in [1.29, 1.82) is 0 Å². The van der Waals surface area contributed by atoms with Crippen LogP contribution >= 0.6 is 0 Å². The molecule has 2 N–H and O–H groups in total. The van der Waals surface area contributed by atoms with Gasteiger partial charge in [-0.05, 0) is 18.4 Å². The Morgan fingerprint density at radius 2 is 1.88 bits per heavy atom. The zero-order valence-corrected chi connectivity index (χ0v) is 9.85. The minimum Gasteiger partial charge on any atom is -0.368 e. The summed E-state index contributed by atoms with van der Waals surface area (Å²) < 4.78 is 0. The smallest absolute Gasteiger partial charge is 0.237 e. The van der Waals surface area contributed by atoms with Crippen molar-refractivity contribution in [3.63, 3.8) is 0 Å². The van der Waals surface area contributed by atoms with Crippen molar-refractivity contribution < 1.29 is 9.59 Å². The number of hydrogen-bond acceptors (Lipinski definition) is 2. The highest BCUT2D eigenvalue weighted by molar-refractivity contribution is 5.93. The molecule has 0 radical (unpaired) electrons. The van der Waals surface area contributed by atoms with Gasteiger partial charge in [0.25, 0.3) is 0 Å². The molecular weight excluding hydrogens is 216 g/mol. The topological polar surface area (TPSA) is 63.4 Å². The van der Waals surface area contributed by atoms with Gasteiger partial charge in [0.1, 0.15) is 0 Å². The summed E-state index contributed by atoms with van der Waals surface area (Å²) in [6.45, 7) is -0.0204. The normalized spacial score (nSPS) is 16.3. The molecule has 0 bridgehead atoms. The number of rotatable bonds is 4. The van der Waals surface area contributed by atoms with Gasteiger partial charge in [-0.3, -0.25) is 9.59 Å². The van der Waals surface area contributed by atoms with Crippen LogP contribution in [0.15, 0.2) is 30.3 Å². The van der Waals surface area contributed by atoms with Crippen molar-refractivity contribution in [3.05, 3.63) is 35.9 Å². The maximum absolute atomic E-state index is 12.3. The van der Waals surface area contributed by atoms with E-state index in [0.29, 0.717) is 0 Å². The fourth-order valence-electron chi connectivity index (χ4n) is 2.18. The molecule has 1 aromatic rings. The highest BCUT2D eigenvalue weighted by Gasteiger charge is 2.52. The molecule has 1 fully saturated rings. The summed E-state index contributed by atoms with van der Waals surface area (Å²) in [6, 6.07) is 9.71. The highest BCUT2D eigenvalue weighted by atomic mass is 16.2. The first-order chi connectivity index (χ1) is 8.06. The van der Waals surface area contributed by atoms with E-state index in [0.717, 1.165) is 18.4 Å². The summed E-state index contributed by atoms with van der Waals surface area (Å²) in [6.07, 6.45) is 1.69. The molecule has 0 aromatic heterocycles. The SMILES string of the molecule is CN(CC(N)=O)C(=O)C1(c2ccccc2)CC1. The number of benzene rings is 1. The molecule has 90 valence electrons. The number of nitrogens with two attached hydrogens (primary N) is 1. The van der Waals surface area contributed by atoms with Crippen LogP contribution in [0.5, 0.6) is 0 Å². The van der Waals surface area contributed by atoms with Crippen molar-refractivity contribution in [3.8, 4) is 0 Å². The van der Waals surface area contributed by atoms with Gasteiger partial charge in [0.05, 0.1) is 12.0 Å². The van der Waals surface area contributed by atoms with E-state index in [9.17, 15) is 9.59 Å². The summed E-state index contributed by atoms with van der Waals surface area (Å²) in [5.41, 5.74) is 5.72. The van der Waals surface area contributed by atoms with Crippen LogP contribution in [0.3, 0.4) is 0 Å². The first-order valence-electron chi connectivity index (χ1n) is 5.66. The van der Waals surface area contributed by atoms with Crippen LogP contribution in [-0.4, -0.2) is 30.3 Å². The largest absolute Gasteiger partial charge is 0.368 e. The predicted molar refractivity (Wildman–Crippen MR) is 64.2 cm³/mol. The van der Waals surface area contributed by atoms with E-state index in [2.05, 4.69) is 0 Å². The van der Waals surface area contributed by atoms with Crippen LogP contribution < -0.4 is 5.73 Å². The van der Waals surface area contributed by atoms with E-state index in [-0.39, 0.29) is 12.5 Å². The zero-order chi connectivity index (χ0) is 12.5. The fraction of sp³-hybridized carbons (Fsp3) is 0.385. The molecule has 0 atom stereocenters. The van der Waals surface area contributed by atoms with Crippen LogP contribution in [-0.2, 0) is 15.0 Å². The second-order valence-corrected chi connectivity index (χ2v) is 4.58. The van der Waals surface area contributed by atoms with Gasteiger partial charge in [0.2, 0.25) is 11.8 Å². The van der Waals surface area contributed by atoms with Gasteiger partial charge >= 0.3 is 0 Å². The zero-order valence-electron chi connectivity index (χ0n) is 9.85. The summed E-state index contributed by atoms with van der Waals surface area (Å²) in [5, 5.41) is 0. The van der Waals surface area contributed by atoms with Crippen LogP contribution in [0, 0.1) is 0 Å². The molecule has 2 rings (SSSR count). The molecule has 4 nitrogen and oxygen atoms in total. The van der Waals surface area contributed by atoms with Crippen molar-refractivity contribution >= 4 is 11.8 Å². The van der Waals surface area contributed by atoms with Crippen LogP contribution in [0.2, 0.25) is 0 Å². The lowest BCUT2D eigenvalue weighted by molar-refractivity contribution is -0.136. The van der Waals surface area contributed by atoms with E-state index in [1.165, 1.54) is 4.90 Å². The lowest BCUT2D eigenvalue weighted by Gasteiger charge is -2.22. The van der Waals surface area contributed by atoms with Crippen molar-refractivity contribution in [2.75, 3.05) is 13.6 Å². The Kier molecular flexibility index (Phi) is 2.88. The Labute approximate surface area is 100 Å². The third-order valence-corrected chi connectivity index (χ3v) is 3.23. The molecular formula is C13H16N2O2. The van der Waals surface area contributed by atoms with E-state index >= 15 is 0 Å². The van der Waals surface area contributed by atoms with Gasteiger partial charge in [0, 0.05) is 7.05 Å². The highest BCUT2D eigenvalue weighted by Crippen LogP contribution is 2.49. The average molecular weight is 232 g/mol. The number of primary amides is 1. The number of nitrogens with zero attached hydrogens (tertiary/aromatic N) is 1. The third kappa shape index (κ3) is 2.16. The van der Waals surface area contributed by atoms with Crippen LogP contribution in [0.25, 0.3) is 0 Å². The van der Waals surface area contributed by atoms with Crippen molar-refractivity contribution in [2.45, 2.75) is 18.3 Å². The van der Waals surface area contributed by atoms with Gasteiger partial charge in [-0.1, -0.05) is 30.3 Å². The lowest BCUT2D eigenvalue weighted by Crippen LogP contribution is -2.41. The standard InChI is InChI=1S/C13H16N2O2/c1-15(9-11(14)16)12(17)13(7-8-13)10-5-3-2-4-6-10/h2-6H,7-9H2,1H3,(H2,14,16). The lowest BCUT2D eigenvalue weighted by atomic mass is 9.94. The minimum absolute atomic E-state index is 0.0116. The Morgan fingerprint density at radius 1 is 1.29 bits per heavy atom. The Morgan fingerprint density at radius 3 is 2.35 bits per heavy atom. The van der Waals surface area contributed by atoms with Crippen molar-refractivity contribution in [1.82, 2.24) is 4.90 Å². The number of amides is 2. The average Bonchev–Trinajstić information content (AvgIpc) is 3.09. The van der Waals surface area contributed by atoms with E-state index in [1.54, 1.807) is 7.05 Å². The molecule has 1 saturated carbocycles. The molecule has 1 aliphatic carbocycles. The summed E-state index contributed by atoms with van der Waals surface area (Å²) >= 11 is 0. The van der Waals surface area contributed by atoms with Gasteiger partial charge in [-0.25, -0.2) is 0 Å². The van der Waals surface area contributed by atoms with Gasteiger partial charge in [-0.15, -0.1) is 0 Å². The quantitative estimate of drug-likeness (QED) is 0.829. The molecule has 0 heterocycles. The minimum atomic E-state index is -0.482. The summed E-state index contributed by atoms with van der Waals surface area (Å²) in [4.78, 5) is 24.5. The second kappa shape index (κ2) is 4.20. The first kappa shape index (κ1) is 11.6. The molecule has 0 saturated heterocycles.